The molecule has 0 unspecified atom stereocenters. The fourth-order valence-corrected chi connectivity index (χ4v) is 3.12. The van der Waals surface area contributed by atoms with Gasteiger partial charge in [-0.25, -0.2) is 9.97 Å². The Bertz CT molecular complexity index is 523. The van der Waals surface area contributed by atoms with Crippen LogP contribution in [0.2, 0.25) is 0 Å². The summed E-state index contributed by atoms with van der Waals surface area (Å²) < 4.78 is 0. The SMILES string of the molecule is C[C@@H]1CN(c2nccc(C#N)n2)CCN([C@H]2C[C@@H]2C)C1. The lowest BCUT2D eigenvalue weighted by atomic mass is 10.1. The number of nitriles is 1. The first-order chi connectivity index (χ1) is 9.67. The highest BCUT2D eigenvalue weighted by Gasteiger charge is 2.39. The van der Waals surface area contributed by atoms with E-state index in [1.807, 2.05) is 0 Å². The van der Waals surface area contributed by atoms with Gasteiger partial charge in [-0.3, -0.25) is 4.90 Å². The van der Waals surface area contributed by atoms with Crippen molar-refractivity contribution in [3.8, 4) is 6.07 Å². The summed E-state index contributed by atoms with van der Waals surface area (Å²) in [5.41, 5.74) is 0.444. The van der Waals surface area contributed by atoms with E-state index in [9.17, 15) is 0 Å². The minimum atomic E-state index is 0.444. The molecule has 1 aromatic heterocycles. The first-order valence-corrected chi connectivity index (χ1v) is 7.39. The zero-order valence-corrected chi connectivity index (χ0v) is 12.2. The fraction of sp³-hybridized carbons (Fsp3) is 0.667. The van der Waals surface area contributed by atoms with Crippen molar-refractivity contribution in [1.29, 1.82) is 5.26 Å². The monoisotopic (exact) mass is 271 g/mol. The highest BCUT2D eigenvalue weighted by atomic mass is 15.3. The van der Waals surface area contributed by atoms with Crippen molar-refractivity contribution in [3.63, 3.8) is 0 Å². The van der Waals surface area contributed by atoms with E-state index >= 15 is 0 Å². The van der Waals surface area contributed by atoms with Crippen LogP contribution in [0.4, 0.5) is 5.95 Å². The van der Waals surface area contributed by atoms with Crippen molar-refractivity contribution in [3.05, 3.63) is 18.0 Å². The maximum Gasteiger partial charge on any atom is 0.226 e. The minimum absolute atomic E-state index is 0.444. The number of hydrogen-bond donors (Lipinski definition) is 0. The van der Waals surface area contributed by atoms with Gasteiger partial charge in [-0.2, -0.15) is 5.26 Å². The smallest absolute Gasteiger partial charge is 0.226 e. The van der Waals surface area contributed by atoms with Crippen LogP contribution in [0, 0.1) is 23.2 Å². The predicted molar refractivity (Wildman–Crippen MR) is 77.3 cm³/mol. The van der Waals surface area contributed by atoms with Gasteiger partial charge in [0, 0.05) is 38.4 Å². The number of anilines is 1. The van der Waals surface area contributed by atoms with Crippen LogP contribution in [-0.2, 0) is 0 Å². The summed E-state index contributed by atoms with van der Waals surface area (Å²) in [6.45, 7) is 8.75. The van der Waals surface area contributed by atoms with E-state index < -0.39 is 0 Å². The zero-order chi connectivity index (χ0) is 14.1. The number of nitrogens with zero attached hydrogens (tertiary/aromatic N) is 5. The molecule has 5 nitrogen and oxygen atoms in total. The Morgan fingerprint density at radius 2 is 2.10 bits per heavy atom. The van der Waals surface area contributed by atoms with Gasteiger partial charge in [0.1, 0.15) is 11.8 Å². The number of hydrogen-bond acceptors (Lipinski definition) is 5. The van der Waals surface area contributed by atoms with E-state index in [-0.39, 0.29) is 0 Å². The molecule has 2 aliphatic rings. The van der Waals surface area contributed by atoms with E-state index in [0.29, 0.717) is 17.6 Å². The van der Waals surface area contributed by atoms with Gasteiger partial charge in [-0.15, -0.1) is 0 Å². The third kappa shape index (κ3) is 2.75. The van der Waals surface area contributed by atoms with Gasteiger partial charge in [0.25, 0.3) is 0 Å². The van der Waals surface area contributed by atoms with Crippen molar-refractivity contribution >= 4 is 5.95 Å². The molecule has 3 rings (SSSR count). The number of rotatable bonds is 2. The third-order valence-electron chi connectivity index (χ3n) is 4.31. The van der Waals surface area contributed by atoms with Gasteiger partial charge in [0.15, 0.2) is 0 Å². The molecule has 1 saturated carbocycles. The Hall–Kier alpha value is -1.67. The topological polar surface area (TPSA) is 56.1 Å². The Labute approximate surface area is 120 Å². The molecule has 106 valence electrons. The normalized spacial score (nSPS) is 30.6. The second-order valence-corrected chi connectivity index (χ2v) is 6.18. The van der Waals surface area contributed by atoms with Crippen molar-refractivity contribution < 1.29 is 0 Å². The molecule has 2 fully saturated rings. The third-order valence-corrected chi connectivity index (χ3v) is 4.31. The van der Waals surface area contributed by atoms with E-state index in [0.717, 1.165) is 38.1 Å². The van der Waals surface area contributed by atoms with Crippen LogP contribution in [0.15, 0.2) is 12.3 Å². The van der Waals surface area contributed by atoms with E-state index in [4.69, 9.17) is 5.26 Å². The van der Waals surface area contributed by atoms with E-state index in [2.05, 4.69) is 39.7 Å². The second kappa shape index (κ2) is 5.37. The lowest BCUT2D eigenvalue weighted by Crippen LogP contribution is -2.33. The largest absolute Gasteiger partial charge is 0.339 e. The van der Waals surface area contributed by atoms with Crippen LogP contribution in [0.3, 0.4) is 0 Å². The molecule has 1 saturated heterocycles. The average Bonchev–Trinajstić information content (AvgIpc) is 3.21. The van der Waals surface area contributed by atoms with Crippen LogP contribution >= 0.6 is 0 Å². The van der Waals surface area contributed by atoms with Crippen LogP contribution in [0.25, 0.3) is 0 Å². The minimum Gasteiger partial charge on any atom is -0.339 e. The first-order valence-electron chi connectivity index (χ1n) is 7.39. The summed E-state index contributed by atoms with van der Waals surface area (Å²) in [5, 5.41) is 8.95. The van der Waals surface area contributed by atoms with E-state index in [1.54, 1.807) is 12.3 Å². The molecular weight excluding hydrogens is 250 g/mol. The van der Waals surface area contributed by atoms with Gasteiger partial charge in [-0.05, 0) is 24.3 Å². The zero-order valence-electron chi connectivity index (χ0n) is 12.2. The summed E-state index contributed by atoms with van der Waals surface area (Å²) in [6, 6.07) is 4.52. The molecule has 0 spiro atoms. The Kier molecular flexibility index (Phi) is 3.58. The molecule has 0 aromatic carbocycles. The summed E-state index contributed by atoms with van der Waals surface area (Å²) in [7, 11) is 0. The van der Waals surface area contributed by atoms with Crippen molar-refractivity contribution in [1.82, 2.24) is 14.9 Å². The van der Waals surface area contributed by atoms with Crippen molar-refractivity contribution in [2.45, 2.75) is 26.3 Å². The van der Waals surface area contributed by atoms with Crippen LogP contribution < -0.4 is 4.90 Å². The van der Waals surface area contributed by atoms with Crippen LogP contribution in [-0.4, -0.2) is 47.1 Å². The van der Waals surface area contributed by atoms with Crippen molar-refractivity contribution in [2.24, 2.45) is 11.8 Å². The summed E-state index contributed by atoms with van der Waals surface area (Å²) in [4.78, 5) is 13.5. The maximum absolute atomic E-state index is 8.95. The number of aromatic nitrogens is 2. The molecule has 0 radical (unpaired) electrons. The summed E-state index contributed by atoms with van der Waals surface area (Å²) in [5.74, 6) is 2.15. The lowest BCUT2D eigenvalue weighted by Gasteiger charge is -2.21. The van der Waals surface area contributed by atoms with Crippen LogP contribution in [0.1, 0.15) is 26.0 Å². The highest BCUT2D eigenvalue weighted by molar-refractivity contribution is 5.34. The molecule has 1 aliphatic carbocycles. The standard InChI is InChI=1S/C15H21N5/c1-11-9-19(14-7-12(14)2)5-6-20(10-11)15-17-4-3-13(8-16)18-15/h3-4,11-12,14H,5-7,9-10H2,1-2H3/t11-,12-,14-/m0/s1. The average molecular weight is 271 g/mol. The molecule has 1 aromatic rings. The molecular formula is C15H21N5. The quantitative estimate of drug-likeness (QED) is 0.816. The molecule has 20 heavy (non-hydrogen) atoms. The molecule has 5 heteroatoms. The molecule has 1 aliphatic heterocycles. The fourth-order valence-electron chi connectivity index (χ4n) is 3.12. The van der Waals surface area contributed by atoms with Gasteiger partial charge in [0.2, 0.25) is 5.95 Å². The molecule has 2 heterocycles. The second-order valence-electron chi connectivity index (χ2n) is 6.18. The molecule has 0 N–H and O–H groups in total. The predicted octanol–water partition coefficient (Wildman–Crippen LogP) is 1.51. The summed E-state index contributed by atoms with van der Waals surface area (Å²) >= 11 is 0. The Balaban J connectivity index is 1.72. The maximum atomic E-state index is 8.95. The highest BCUT2D eigenvalue weighted by Crippen LogP contribution is 2.36. The molecule has 3 atom stereocenters. The molecule has 0 bridgehead atoms. The van der Waals surface area contributed by atoms with Gasteiger partial charge < -0.3 is 4.90 Å². The molecule has 0 amide bonds. The Morgan fingerprint density at radius 3 is 2.80 bits per heavy atom. The lowest BCUT2D eigenvalue weighted by molar-refractivity contribution is 0.246. The van der Waals surface area contributed by atoms with Gasteiger partial charge in [0.05, 0.1) is 0 Å². The Morgan fingerprint density at radius 1 is 1.30 bits per heavy atom. The first kappa shape index (κ1) is 13.3. The van der Waals surface area contributed by atoms with Gasteiger partial charge in [-0.1, -0.05) is 13.8 Å². The van der Waals surface area contributed by atoms with Gasteiger partial charge >= 0.3 is 0 Å². The van der Waals surface area contributed by atoms with Crippen molar-refractivity contribution in [2.75, 3.05) is 31.1 Å². The van der Waals surface area contributed by atoms with E-state index in [1.165, 1.54) is 6.42 Å². The van der Waals surface area contributed by atoms with Crippen LogP contribution in [0.5, 0.6) is 0 Å². The summed E-state index contributed by atoms with van der Waals surface area (Å²) in [6.07, 6.45) is 3.02.